The number of aliphatic hydroxyl groups excluding tert-OH is 1. The van der Waals surface area contributed by atoms with Gasteiger partial charge in [-0.3, -0.25) is 16.4 Å². The van der Waals surface area contributed by atoms with Gasteiger partial charge in [0.2, 0.25) is 0 Å². The van der Waals surface area contributed by atoms with Crippen molar-refractivity contribution in [2.45, 2.75) is 51.9 Å². The lowest BCUT2D eigenvalue weighted by molar-refractivity contribution is 0.0243. The van der Waals surface area contributed by atoms with E-state index in [0.717, 1.165) is 11.1 Å². The van der Waals surface area contributed by atoms with Crippen LogP contribution < -0.4 is 21.1 Å². The number of para-hydroxylation sites is 1. The number of hydrogen-bond donors (Lipinski definition) is 4. The van der Waals surface area contributed by atoms with Crippen LogP contribution in [0.1, 0.15) is 50.7 Å². The molecule has 0 spiro atoms. The van der Waals surface area contributed by atoms with E-state index in [1.165, 1.54) is 0 Å². The van der Waals surface area contributed by atoms with Gasteiger partial charge in [-0.2, -0.15) is 0 Å². The third kappa shape index (κ3) is 11.0. The molecule has 41 heavy (non-hydrogen) atoms. The van der Waals surface area contributed by atoms with Crippen LogP contribution in [0.15, 0.2) is 78.9 Å². The first-order chi connectivity index (χ1) is 19.3. The van der Waals surface area contributed by atoms with Gasteiger partial charge < -0.3 is 19.3 Å². The number of carbonyl (C=O) groups excluding carboxylic acids is 2. The molecule has 0 heterocycles. The number of hydrogen-bond acceptors (Lipinski definition) is 7. The van der Waals surface area contributed by atoms with Gasteiger partial charge >= 0.3 is 12.2 Å². The topological polar surface area (TPSA) is 132 Å². The Bertz CT molecular complexity index is 1130. The number of anilines is 2. The van der Waals surface area contributed by atoms with Crippen LogP contribution in [-0.4, -0.2) is 42.8 Å². The highest BCUT2D eigenvalue weighted by atomic mass is 35.5. The normalized spacial score (nSPS) is 12.8. The SMILES string of the molecule is CCOC(=O)Nc1ccc(C(CC(C)C[C@H](O)C(N)Oc2ccccc2)c2ccc(NC(=O)OCC)cc2)cc1.Cl. The molecule has 10 heteroatoms. The predicted molar refractivity (Wildman–Crippen MR) is 163 cm³/mol. The van der Waals surface area contributed by atoms with Crippen molar-refractivity contribution in [1.29, 1.82) is 0 Å². The van der Waals surface area contributed by atoms with Crippen LogP contribution in [0.5, 0.6) is 5.75 Å². The minimum atomic E-state index is -0.858. The second-order valence-corrected chi connectivity index (χ2v) is 9.53. The zero-order valence-electron chi connectivity index (χ0n) is 23.6. The fraction of sp³-hybridized carbons (Fsp3) is 0.355. The lowest BCUT2D eigenvalue weighted by atomic mass is 9.82. The van der Waals surface area contributed by atoms with Crippen LogP contribution in [0.25, 0.3) is 0 Å². The van der Waals surface area contributed by atoms with Crippen LogP contribution >= 0.6 is 12.4 Å². The van der Waals surface area contributed by atoms with Crippen LogP contribution in [0, 0.1) is 5.92 Å². The van der Waals surface area contributed by atoms with Gasteiger partial charge in [0.1, 0.15) is 11.9 Å². The van der Waals surface area contributed by atoms with Crippen molar-refractivity contribution in [2.75, 3.05) is 23.8 Å². The highest BCUT2D eigenvalue weighted by Gasteiger charge is 2.24. The Morgan fingerprint density at radius 3 is 1.68 bits per heavy atom. The number of rotatable bonds is 13. The third-order valence-corrected chi connectivity index (χ3v) is 6.35. The lowest BCUT2D eigenvalue weighted by Crippen LogP contribution is -2.40. The number of amides is 2. The molecule has 0 fully saturated rings. The monoisotopic (exact) mass is 585 g/mol. The number of benzene rings is 3. The summed E-state index contributed by atoms with van der Waals surface area (Å²) in [4.78, 5) is 23.6. The molecule has 3 atom stereocenters. The number of aliphatic hydroxyl groups is 1. The Balaban J connectivity index is 0.00000588. The summed E-state index contributed by atoms with van der Waals surface area (Å²) in [5.74, 6) is 0.662. The first kappa shape index (κ1) is 33.4. The van der Waals surface area contributed by atoms with E-state index in [2.05, 4.69) is 17.6 Å². The van der Waals surface area contributed by atoms with Gasteiger partial charge in [0.25, 0.3) is 0 Å². The van der Waals surface area contributed by atoms with Crippen molar-refractivity contribution in [3.8, 4) is 5.75 Å². The highest BCUT2D eigenvalue weighted by Crippen LogP contribution is 2.34. The van der Waals surface area contributed by atoms with Crippen LogP contribution in [0.2, 0.25) is 0 Å². The molecule has 0 aliphatic carbocycles. The molecule has 0 saturated heterocycles. The predicted octanol–water partition coefficient (Wildman–Crippen LogP) is 6.52. The van der Waals surface area contributed by atoms with Crippen molar-refractivity contribution < 1.29 is 28.9 Å². The van der Waals surface area contributed by atoms with Gasteiger partial charge in [-0.05, 0) is 80.1 Å². The molecule has 0 radical (unpaired) electrons. The molecule has 0 saturated carbocycles. The molecule has 9 nitrogen and oxygen atoms in total. The summed E-state index contributed by atoms with van der Waals surface area (Å²) in [6, 6.07) is 24.4. The van der Waals surface area contributed by atoms with Crippen molar-refractivity contribution in [3.63, 3.8) is 0 Å². The average Bonchev–Trinajstić information content (AvgIpc) is 2.93. The number of carbonyl (C=O) groups is 2. The molecule has 0 aliphatic rings. The first-order valence-electron chi connectivity index (χ1n) is 13.5. The van der Waals surface area contributed by atoms with Gasteiger partial charge in [-0.1, -0.05) is 49.4 Å². The van der Waals surface area contributed by atoms with Gasteiger partial charge in [-0.15, -0.1) is 12.4 Å². The number of ether oxygens (including phenoxy) is 3. The Labute approximate surface area is 247 Å². The minimum Gasteiger partial charge on any atom is -0.473 e. The third-order valence-electron chi connectivity index (χ3n) is 6.35. The Morgan fingerprint density at radius 1 is 0.780 bits per heavy atom. The molecule has 5 N–H and O–H groups in total. The number of halogens is 1. The van der Waals surface area contributed by atoms with E-state index in [1.807, 2.05) is 66.7 Å². The number of nitrogens with one attached hydrogen (secondary N) is 2. The standard InChI is InChI=1S/C31H39N3O6.ClH/c1-4-38-30(36)33-24-15-11-22(12-16-24)27(23-13-17-25(18-14-23)34-31(37)39-5-2)19-21(3)20-28(35)29(32)40-26-9-7-6-8-10-26;/h6-18,21,27-29,35H,4-5,19-20,32H2,1-3H3,(H,33,36)(H,34,37);1H/t21?,28-,29?;/m0./s1. The highest BCUT2D eigenvalue weighted by molar-refractivity contribution is 5.85. The van der Waals surface area contributed by atoms with E-state index >= 15 is 0 Å². The fourth-order valence-electron chi connectivity index (χ4n) is 4.41. The van der Waals surface area contributed by atoms with Crippen molar-refractivity contribution in [2.24, 2.45) is 11.7 Å². The maximum atomic E-state index is 11.8. The second-order valence-electron chi connectivity index (χ2n) is 9.53. The average molecular weight is 586 g/mol. The molecular weight excluding hydrogens is 546 g/mol. The van der Waals surface area contributed by atoms with Crippen molar-refractivity contribution in [1.82, 2.24) is 0 Å². The molecule has 3 aromatic rings. The quantitative estimate of drug-likeness (QED) is 0.168. The van der Waals surface area contributed by atoms with Crippen LogP contribution in [0.3, 0.4) is 0 Å². The molecule has 222 valence electrons. The van der Waals surface area contributed by atoms with Crippen molar-refractivity contribution in [3.05, 3.63) is 90.0 Å². The van der Waals surface area contributed by atoms with E-state index in [0.29, 0.717) is 30.0 Å². The molecular formula is C31H40ClN3O6. The summed E-state index contributed by atoms with van der Waals surface area (Å²) < 4.78 is 15.6. The largest absolute Gasteiger partial charge is 0.473 e. The van der Waals surface area contributed by atoms with E-state index in [4.69, 9.17) is 19.9 Å². The molecule has 2 unspecified atom stereocenters. The summed E-state index contributed by atoms with van der Waals surface area (Å²) in [6.07, 6.45) is -1.57. The van der Waals surface area contributed by atoms with Crippen LogP contribution in [0.4, 0.5) is 21.0 Å². The van der Waals surface area contributed by atoms with E-state index < -0.39 is 24.5 Å². The van der Waals surface area contributed by atoms with E-state index in [1.54, 1.807) is 26.0 Å². The van der Waals surface area contributed by atoms with E-state index in [9.17, 15) is 14.7 Å². The van der Waals surface area contributed by atoms with E-state index in [-0.39, 0.29) is 37.5 Å². The second kappa shape index (κ2) is 17.1. The van der Waals surface area contributed by atoms with Gasteiger partial charge in [0, 0.05) is 17.3 Å². The smallest absolute Gasteiger partial charge is 0.411 e. The van der Waals surface area contributed by atoms with Gasteiger partial charge in [0.15, 0.2) is 6.23 Å². The summed E-state index contributed by atoms with van der Waals surface area (Å²) in [6.45, 7) is 6.14. The summed E-state index contributed by atoms with van der Waals surface area (Å²) >= 11 is 0. The Morgan fingerprint density at radius 2 is 1.24 bits per heavy atom. The molecule has 2 amide bonds. The molecule has 3 aromatic carbocycles. The Hall–Kier alpha value is -3.79. The van der Waals surface area contributed by atoms with Gasteiger partial charge in [-0.25, -0.2) is 9.59 Å². The first-order valence-corrected chi connectivity index (χ1v) is 13.5. The minimum absolute atomic E-state index is 0. The van der Waals surface area contributed by atoms with Crippen LogP contribution in [-0.2, 0) is 9.47 Å². The molecule has 0 bridgehead atoms. The number of nitrogens with two attached hydrogens (primary N) is 1. The fourth-order valence-corrected chi connectivity index (χ4v) is 4.41. The zero-order valence-corrected chi connectivity index (χ0v) is 24.4. The lowest BCUT2D eigenvalue weighted by Gasteiger charge is -2.26. The van der Waals surface area contributed by atoms with Gasteiger partial charge in [0.05, 0.1) is 13.2 Å². The summed E-state index contributed by atoms with van der Waals surface area (Å²) in [5.41, 5.74) is 9.47. The zero-order chi connectivity index (χ0) is 28.9. The maximum Gasteiger partial charge on any atom is 0.411 e. The Kier molecular flexibility index (Phi) is 14.0. The summed E-state index contributed by atoms with van der Waals surface area (Å²) in [5, 5.41) is 16.2. The molecule has 0 aliphatic heterocycles. The molecule has 3 rings (SSSR count). The maximum absolute atomic E-state index is 11.8. The summed E-state index contributed by atoms with van der Waals surface area (Å²) in [7, 11) is 0. The van der Waals surface area contributed by atoms with Crippen molar-refractivity contribution >= 4 is 36.0 Å². The molecule has 0 aromatic heterocycles.